The fourth-order valence-electron chi connectivity index (χ4n) is 2.54. The van der Waals surface area contributed by atoms with Crippen LogP contribution in [0.15, 0.2) is 39.8 Å². The monoisotopic (exact) mass is 367 g/mol. The van der Waals surface area contributed by atoms with E-state index < -0.39 is 16.1 Å². The van der Waals surface area contributed by atoms with Crippen LogP contribution in [0.2, 0.25) is 0 Å². The molecule has 0 aliphatic heterocycles. The van der Waals surface area contributed by atoms with Crippen LogP contribution in [-0.4, -0.2) is 30.6 Å². The molecular weight excluding hydrogens is 346 g/mol. The number of hydrogen-bond acceptors (Lipinski definition) is 6. The summed E-state index contributed by atoms with van der Waals surface area (Å²) < 4.78 is 33.2. The predicted molar refractivity (Wildman–Crippen MR) is 93.4 cm³/mol. The van der Waals surface area contributed by atoms with Gasteiger partial charge in [-0.1, -0.05) is 29.8 Å². The molecule has 0 saturated heterocycles. The lowest BCUT2D eigenvalue weighted by Crippen LogP contribution is -2.29. The average Bonchev–Trinajstić information content (AvgIpc) is 3.00. The fourth-order valence-corrected chi connectivity index (χ4v) is 4.26. The van der Waals surface area contributed by atoms with E-state index >= 15 is 0 Å². The number of hydrogen-bond donors (Lipinski definition) is 1. The highest BCUT2D eigenvalue weighted by Crippen LogP contribution is 2.35. The predicted octanol–water partition coefficient (Wildman–Crippen LogP) is 3.11. The Morgan fingerprint density at radius 2 is 2.08 bits per heavy atom. The van der Waals surface area contributed by atoms with Crippen LogP contribution in [0, 0.1) is 0 Å². The van der Waals surface area contributed by atoms with Gasteiger partial charge in [-0.05, 0) is 43.4 Å². The highest BCUT2D eigenvalue weighted by Gasteiger charge is 2.29. The van der Waals surface area contributed by atoms with Crippen molar-refractivity contribution in [1.82, 2.24) is 14.9 Å². The molecular formula is C16H21N3O3S2. The van der Waals surface area contributed by atoms with Gasteiger partial charge in [-0.3, -0.25) is 0 Å². The Hall–Kier alpha value is -1.38. The summed E-state index contributed by atoms with van der Waals surface area (Å²) in [6.07, 6.45) is 5.91. The van der Waals surface area contributed by atoms with Crippen LogP contribution in [0.4, 0.5) is 0 Å². The Bertz CT molecular complexity index is 758. The minimum atomic E-state index is -3.63. The quantitative estimate of drug-likeness (QED) is 0.772. The molecule has 0 radical (unpaired) electrons. The van der Waals surface area contributed by atoms with Crippen LogP contribution in [0.3, 0.4) is 0 Å². The smallest absolute Gasteiger partial charge is 0.244 e. The Morgan fingerprint density at radius 3 is 2.71 bits per heavy atom. The molecule has 1 N–H and O–H groups in total. The van der Waals surface area contributed by atoms with Crippen LogP contribution in [0.5, 0.6) is 0 Å². The van der Waals surface area contributed by atoms with Crippen molar-refractivity contribution >= 4 is 21.8 Å². The van der Waals surface area contributed by atoms with E-state index in [-0.39, 0.29) is 4.90 Å². The normalized spacial score (nSPS) is 16.7. The second-order valence-corrected chi connectivity index (χ2v) is 8.59. The molecule has 130 valence electrons. The molecule has 2 aromatic rings. The number of nitrogens with one attached hydrogen (secondary N) is 1. The first-order valence-corrected chi connectivity index (χ1v) is 10.9. The molecule has 1 saturated carbocycles. The van der Waals surface area contributed by atoms with Crippen molar-refractivity contribution in [3.05, 3.63) is 42.0 Å². The zero-order valence-corrected chi connectivity index (χ0v) is 15.1. The second kappa shape index (κ2) is 7.67. The van der Waals surface area contributed by atoms with Crippen LogP contribution in [0.25, 0.3) is 0 Å². The molecule has 0 bridgehead atoms. The lowest BCUT2D eigenvalue weighted by atomic mass is 9.85. The van der Waals surface area contributed by atoms with Gasteiger partial charge in [0.15, 0.2) is 5.82 Å². The molecule has 1 aromatic heterocycles. The van der Waals surface area contributed by atoms with Gasteiger partial charge >= 0.3 is 0 Å². The third-order valence-corrected chi connectivity index (χ3v) is 6.32. The maximum absolute atomic E-state index is 12.6. The van der Waals surface area contributed by atoms with Crippen LogP contribution in [-0.2, 0) is 10.0 Å². The van der Waals surface area contributed by atoms with Gasteiger partial charge in [-0.25, -0.2) is 8.42 Å². The Morgan fingerprint density at radius 1 is 1.33 bits per heavy atom. The van der Waals surface area contributed by atoms with Crippen molar-refractivity contribution in [1.29, 1.82) is 0 Å². The fraction of sp³-hybridized carbons (Fsp3) is 0.500. The number of benzene rings is 1. The number of thioether (sulfide) groups is 1. The van der Waals surface area contributed by atoms with Crippen LogP contribution in [0.1, 0.15) is 49.4 Å². The van der Waals surface area contributed by atoms with Crippen LogP contribution >= 0.6 is 11.8 Å². The van der Waals surface area contributed by atoms with E-state index in [9.17, 15) is 8.42 Å². The molecule has 1 aliphatic carbocycles. The second-order valence-electron chi connectivity index (χ2n) is 5.89. The first kappa shape index (κ1) is 17.4. The summed E-state index contributed by atoms with van der Waals surface area (Å²) in [6.45, 7) is 0. The summed E-state index contributed by atoms with van der Waals surface area (Å²) in [6, 6.07) is 7.82. The first-order chi connectivity index (χ1) is 11.6. The van der Waals surface area contributed by atoms with E-state index in [2.05, 4.69) is 14.9 Å². The summed E-state index contributed by atoms with van der Waals surface area (Å²) in [5.41, 5.74) is 0. The molecule has 24 heavy (non-hydrogen) atoms. The minimum absolute atomic E-state index is 0.234. The molecule has 3 rings (SSSR count). The molecule has 6 nitrogen and oxygen atoms in total. The SMILES string of the molecule is CSCCC(NS(=O)(=O)c1ccccc1)c1nc(C2CCC2)no1. The van der Waals surface area contributed by atoms with E-state index in [4.69, 9.17) is 4.52 Å². The molecule has 1 fully saturated rings. The van der Waals surface area contributed by atoms with Gasteiger partial charge in [0.1, 0.15) is 6.04 Å². The number of sulfonamides is 1. The van der Waals surface area contributed by atoms with Gasteiger partial charge in [0, 0.05) is 5.92 Å². The van der Waals surface area contributed by atoms with Gasteiger partial charge in [0.05, 0.1) is 4.90 Å². The van der Waals surface area contributed by atoms with E-state index in [1.807, 2.05) is 6.26 Å². The molecule has 8 heteroatoms. The zero-order valence-electron chi connectivity index (χ0n) is 13.5. The van der Waals surface area contributed by atoms with Crippen molar-refractivity contribution in [3.8, 4) is 0 Å². The molecule has 1 aliphatic rings. The topological polar surface area (TPSA) is 85.1 Å². The van der Waals surface area contributed by atoms with Gasteiger partial charge in [0.25, 0.3) is 0 Å². The maximum Gasteiger partial charge on any atom is 0.244 e. The van der Waals surface area contributed by atoms with Crippen molar-refractivity contribution in [2.45, 2.75) is 42.5 Å². The minimum Gasteiger partial charge on any atom is -0.338 e. The summed E-state index contributed by atoms with van der Waals surface area (Å²) in [4.78, 5) is 4.68. The maximum atomic E-state index is 12.6. The summed E-state index contributed by atoms with van der Waals surface area (Å²) >= 11 is 1.65. The average molecular weight is 367 g/mol. The molecule has 1 unspecified atom stereocenters. The van der Waals surface area contributed by atoms with Crippen molar-refractivity contribution < 1.29 is 12.9 Å². The van der Waals surface area contributed by atoms with Gasteiger partial charge < -0.3 is 4.52 Å². The largest absolute Gasteiger partial charge is 0.338 e. The van der Waals surface area contributed by atoms with E-state index in [0.29, 0.717) is 24.1 Å². The Balaban J connectivity index is 1.79. The highest BCUT2D eigenvalue weighted by atomic mass is 32.2. The third kappa shape index (κ3) is 3.99. The van der Waals surface area contributed by atoms with Gasteiger partial charge in [-0.15, -0.1) is 0 Å². The summed E-state index contributed by atoms with van der Waals surface area (Å²) in [7, 11) is -3.63. The van der Waals surface area contributed by atoms with E-state index in [1.54, 1.807) is 42.1 Å². The molecule has 0 spiro atoms. The zero-order chi connectivity index (χ0) is 17.0. The van der Waals surface area contributed by atoms with Crippen molar-refractivity contribution in [2.24, 2.45) is 0 Å². The van der Waals surface area contributed by atoms with E-state index in [0.717, 1.165) is 18.6 Å². The van der Waals surface area contributed by atoms with Crippen molar-refractivity contribution in [3.63, 3.8) is 0 Å². The Labute approximate surface area is 146 Å². The summed E-state index contributed by atoms with van der Waals surface area (Å²) in [5, 5.41) is 4.04. The third-order valence-electron chi connectivity index (χ3n) is 4.19. The van der Waals surface area contributed by atoms with Crippen molar-refractivity contribution in [2.75, 3.05) is 12.0 Å². The molecule has 1 aromatic carbocycles. The number of nitrogens with zero attached hydrogens (tertiary/aromatic N) is 2. The molecule has 1 heterocycles. The highest BCUT2D eigenvalue weighted by molar-refractivity contribution is 7.98. The van der Waals surface area contributed by atoms with E-state index in [1.165, 1.54) is 6.42 Å². The van der Waals surface area contributed by atoms with Gasteiger partial charge in [0.2, 0.25) is 15.9 Å². The molecule has 1 atom stereocenters. The standard InChI is InChI=1S/C16H21N3O3S2/c1-23-11-10-14(16-17-15(18-22-16)12-6-5-7-12)19-24(20,21)13-8-3-2-4-9-13/h2-4,8-9,12,14,19H,5-7,10-11H2,1H3. The Kier molecular flexibility index (Phi) is 5.57. The number of rotatable bonds is 8. The molecule has 0 amide bonds. The lowest BCUT2D eigenvalue weighted by Gasteiger charge is -2.21. The first-order valence-electron chi connectivity index (χ1n) is 8.00. The number of aromatic nitrogens is 2. The summed E-state index contributed by atoms with van der Waals surface area (Å²) in [5.74, 6) is 2.20. The lowest BCUT2D eigenvalue weighted by molar-refractivity contribution is 0.327. The van der Waals surface area contributed by atoms with Crippen LogP contribution < -0.4 is 4.72 Å². The van der Waals surface area contributed by atoms with Gasteiger partial charge in [-0.2, -0.15) is 21.5 Å².